The minimum absolute atomic E-state index is 0.0334. The van der Waals surface area contributed by atoms with Gasteiger partial charge in [0, 0.05) is 32.4 Å². The molecule has 0 spiro atoms. The SMILES string of the molecule is CCN1CCN(C2(c3ccc(NC(=O)c4nc(C#N)c[nH]4)c(C4=CCC(C)(C)CC4)n3)CCCC2)CC1. The van der Waals surface area contributed by atoms with Gasteiger partial charge in [-0.2, -0.15) is 5.26 Å². The first-order valence-corrected chi connectivity index (χ1v) is 13.8. The second kappa shape index (κ2) is 10.4. The van der Waals surface area contributed by atoms with E-state index in [0.717, 1.165) is 76.2 Å². The zero-order valence-corrected chi connectivity index (χ0v) is 22.4. The first-order chi connectivity index (χ1) is 17.8. The van der Waals surface area contributed by atoms with Crippen molar-refractivity contribution in [2.24, 2.45) is 5.41 Å². The van der Waals surface area contributed by atoms with Crippen LogP contribution in [0, 0.1) is 16.7 Å². The molecule has 37 heavy (non-hydrogen) atoms. The van der Waals surface area contributed by atoms with Crippen molar-refractivity contribution in [3.63, 3.8) is 0 Å². The molecule has 2 aliphatic carbocycles. The van der Waals surface area contributed by atoms with Gasteiger partial charge in [0.2, 0.25) is 0 Å². The predicted octanol–water partition coefficient (Wildman–Crippen LogP) is 4.93. The molecule has 1 aliphatic heterocycles. The van der Waals surface area contributed by atoms with E-state index in [1.165, 1.54) is 24.6 Å². The average molecular weight is 502 g/mol. The molecule has 1 amide bonds. The molecule has 8 nitrogen and oxygen atoms in total. The highest BCUT2D eigenvalue weighted by atomic mass is 16.2. The number of hydrogen-bond donors (Lipinski definition) is 2. The van der Waals surface area contributed by atoms with Gasteiger partial charge in [0.1, 0.15) is 6.07 Å². The number of nitrogens with zero attached hydrogens (tertiary/aromatic N) is 5. The summed E-state index contributed by atoms with van der Waals surface area (Å²) in [4.78, 5) is 30.5. The third kappa shape index (κ3) is 5.21. The predicted molar refractivity (Wildman–Crippen MR) is 145 cm³/mol. The summed E-state index contributed by atoms with van der Waals surface area (Å²) in [6.07, 6.45) is 11.5. The maximum absolute atomic E-state index is 13.0. The lowest BCUT2D eigenvalue weighted by atomic mass is 9.77. The van der Waals surface area contributed by atoms with Gasteiger partial charge >= 0.3 is 0 Å². The fraction of sp³-hybridized carbons (Fsp3) is 0.586. The molecule has 3 heterocycles. The highest BCUT2D eigenvalue weighted by Crippen LogP contribution is 2.45. The van der Waals surface area contributed by atoms with E-state index < -0.39 is 0 Å². The molecule has 0 atom stereocenters. The Morgan fingerprint density at radius 3 is 2.51 bits per heavy atom. The van der Waals surface area contributed by atoms with Crippen molar-refractivity contribution in [2.45, 2.75) is 71.3 Å². The summed E-state index contributed by atoms with van der Waals surface area (Å²) in [6.45, 7) is 12.3. The van der Waals surface area contributed by atoms with E-state index in [9.17, 15) is 4.79 Å². The van der Waals surface area contributed by atoms with E-state index in [1.807, 2.05) is 12.1 Å². The number of carbonyl (C=O) groups excluding carboxylic acids is 1. The molecule has 8 heteroatoms. The number of carbonyl (C=O) groups is 1. The molecule has 1 saturated carbocycles. The molecule has 2 aromatic heterocycles. The van der Waals surface area contributed by atoms with Crippen LogP contribution in [0.1, 0.15) is 93.4 Å². The number of hydrogen-bond acceptors (Lipinski definition) is 6. The molecule has 2 N–H and O–H groups in total. The number of anilines is 1. The maximum Gasteiger partial charge on any atom is 0.291 e. The molecule has 0 unspecified atom stereocenters. The zero-order chi connectivity index (χ0) is 26.0. The number of rotatable bonds is 6. The first-order valence-electron chi connectivity index (χ1n) is 13.8. The van der Waals surface area contributed by atoms with Crippen molar-refractivity contribution in [1.29, 1.82) is 5.26 Å². The van der Waals surface area contributed by atoms with Crippen molar-refractivity contribution >= 4 is 17.2 Å². The number of pyridine rings is 1. The number of H-pyrrole nitrogens is 1. The summed E-state index contributed by atoms with van der Waals surface area (Å²) in [6, 6.07) is 6.13. The van der Waals surface area contributed by atoms with Crippen molar-refractivity contribution in [2.75, 3.05) is 38.0 Å². The van der Waals surface area contributed by atoms with E-state index >= 15 is 0 Å². The summed E-state index contributed by atoms with van der Waals surface area (Å²) in [5, 5.41) is 12.1. The Kier molecular flexibility index (Phi) is 7.19. The molecular weight excluding hydrogens is 462 g/mol. The van der Waals surface area contributed by atoms with Crippen LogP contribution in [0.3, 0.4) is 0 Å². The molecule has 2 aromatic rings. The molecule has 196 valence electrons. The highest BCUT2D eigenvalue weighted by molar-refractivity contribution is 6.03. The topological polar surface area (TPSA) is 101 Å². The van der Waals surface area contributed by atoms with Gasteiger partial charge in [0.25, 0.3) is 5.91 Å². The Bertz CT molecular complexity index is 1210. The number of imidazole rings is 1. The lowest BCUT2D eigenvalue weighted by Gasteiger charge is -2.46. The van der Waals surface area contributed by atoms with Gasteiger partial charge in [0.05, 0.1) is 22.6 Å². The summed E-state index contributed by atoms with van der Waals surface area (Å²) < 4.78 is 0. The standard InChI is InChI=1S/C29H39N7O/c1-4-35-15-17-36(18-16-35)29(11-5-6-12-29)24-8-7-23(33-27(37)26-31-20-22(19-30)32-26)25(34-24)21-9-13-28(2,3)14-10-21/h7-9,20H,4-6,10-18H2,1-3H3,(H,31,32)(H,33,37). The first kappa shape index (κ1) is 25.6. The van der Waals surface area contributed by atoms with Crippen LogP contribution in [0.4, 0.5) is 5.69 Å². The van der Waals surface area contributed by atoms with Crippen LogP contribution >= 0.6 is 0 Å². The molecule has 0 radical (unpaired) electrons. The van der Waals surface area contributed by atoms with E-state index in [0.29, 0.717) is 5.69 Å². The Morgan fingerprint density at radius 2 is 1.89 bits per heavy atom. The van der Waals surface area contributed by atoms with Crippen LogP contribution in [0.5, 0.6) is 0 Å². The van der Waals surface area contributed by atoms with Gasteiger partial charge in [-0.05, 0) is 61.8 Å². The number of likely N-dealkylation sites (N-methyl/N-ethyl adjacent to an activating group) is 1. The number of piperazine rings is 1. The summed E-state index contributed by atoms with van der Waals surface area (Å²) in [7, 11) is 0. The highest BCUT2D eigenvalue weighted by Gasteiger charge is 2.43. The van der Waals surface area contributed by atoms with Crippen molar-refractivity contribution in [3.05, 3.63) is 47.3 Å². The Hall–Kier alpha value is -3.02. The van der Waals surface area contributed by atoms with E-state index in [2.05, 4.69) is 58.0 Å². The minimum atomic E-state index is -0.361. The Morgan fingerprint density at radius 1 is 1.14 bits per heavy atom. The van der Waals surface area contributed by atoms with Crippen LogP contribution in [0.2, 0.25) is 0 Å². The normalized spacial score (nSPS) is 21.8. The van der Waals surface area contributed by atoms with E-state index in [1.54, 1.807) is 0 Å². The van der Waals surface area contributed by atoms with Crippen LogP contribution in [-0.2, 0) is 5.54 Å². The number of aromatic amines is 1. The summed E-state index contributed by atoms with van der Waals surface area (Å²) in [5.74, 6) is -0.230. The zero-order valence-electron chi connectivity index (χ0n) is 22.4. The Labute approximate surface area is 220 Å². The molecule has 1 saturated heterocycles. The van der Waals surface area contributed by atoms with Crippen molar-refractivity contribution < 1.29 is 4.79 Å². The van der Waals surface area contributed by atoms with Gasteiger partial charge in [-0.25, -0.2) is 9.97 Å². The van der Waals surface area contributed by atoms with Gasteiger partial charge in [-0.15, -0.1) is 0 Å². The van der Waals surface area contributed by atoms with Crippen LogP contribution in [0.15, 0.2) is 24.4 Å². The number of amides is 1. The number of nitriles is 1. The van der Waals surface area contributed by atoms with Crippen LogP contribution < -0.4 is 5.32 Å². The molecule has 0 aromatic carbocycles. The fourth-order valence-electron chi connectivity index (χ4n) is 6.22. The smallest absolute Gasteiger partial charge is 0.291 e. The van der Waals surface area contributed by atoms with Gasteiger partial charge in [-0.1, -0.05) is 39.7 Å². The number of allylic oxidation sites excluding steroid dienone is 2. The monoisotopic (exact) mass is 501 g/mol. The quantitative estimate of drug-likeness (QED) is 0.582. The number of aromatic nitrogens is 3. The van der Waals surface area contributed by atoms with Crippen molar-refractivity contribution in [1.82, 2.24) is 24.8 Å². The summed E-state index contributed by atoms with van der Waals surface area (Å²) >= 11 is 0. The molecule has 5 rings (SSSR count). The largest absolute Gasteiger partial charge is 0.339 e. The number of nitrogens with one attached hydrogen (secondary N) is 2. The second-order valence-electron chi connectivity index (χ2n) is 11.6. The molecular formula is C29H39N7O. The van der Waals surface area contributed by atoms with Crippen LogP contribution in [-0.4, -0.2) is 63.4 Å². The molecule has 3 aliphatic rings. The average Bonchev–Trinajstić information content (AvgIpc) is 3.60. The van der Waals surface area contributed by atoms with E-state index in [4.69, 9.17) is 10.2 Å². The third-order valence-corrected chi connectivity index (χ3v) is 8.66. The van der Waals surface area contributed by atoms with Crippen molar-refractivity contribution in [3.8, 4) is 6.07 Å². The van der Waals surface area contributed by atoms with Gasteiger partial charge in [-0.3, -0.25) is 9.69 Å². The molecule has 0 bridgehead atoms. The fourth-order valence-corrected chi connectivity index (χ4v) is 6.22. The molecule has 2 fully saturated rings. The van der Waals surface area contributed by atoms with Gasteiger partial charge < -0.3 is 15.2 Å². The minimum Gasteiger partial charge on any atom is -0.339 e. The lowest BCUT2D eigenvalue weighted by molar-refractivity contribution is 0.0313. The van der Waals surface area contributed by atoms with Gasteiger partial charge in [0.15, 0.2) is 11.5 Å². The maximum atomic E-state index is 13.0. The van der Waals surface area contributed by atoms with E-state index in [-0.39, 0.29) is 28.4 Å². The Balaban J connectivity index is 1.50. The second-order valence-corrected chi connectivity index (χ2v) is 11.6. The lowest BCUT2D eigenvalue weighted by Crippen LogP contribution is -2.54. The van der Waals surface area contributed by atoms with Crippen LogP contribution in [0.25, 0.3) is 5.57 Å². The third-order valence-electron chi connectivity index (χ3n) is 8.66. The summed E-state index contributed by atoms with van der Waals surface area (Å²) in [5.41, 5.74) is 4.37.